The molecule has 0 saturated heterocycles. The molecular weight excluding hydrogens is 420 g/mol. The van der Waals surface area contributed by atoms with Gasteiger partial charge in [0.05, 0.1) is 12.6 Å². The van der Waals surface area contributed by atoms with Crippen LogP contribution < -0.4 is 10.6 Å². The number of nitrogens with one attached hydrogen (secondary N) is 2. The fourth-order valence-corrected chi connectivity index (χ4v) is 2.26. The zero-order valence-corrected chi connectivity index (χ0v) is 17.5. The maximum absolute atomic E-state index is 12.9. The van der Waals surface area contributed by atoms with E-state index in [1.807, 2.05) is 13.8 Å². The van der Waals surface area contributed by atoms with Crippen LogP contribution in [0.5, 0.6) is 0 Å². The molecule has 2 N–H and O–H groups in total. The molecular formula is C18H31FIN3O. The molecule has 6 heteroatoms. The molecule has 0 aliphatic carbocycles. The second-order valence-electron chi connectivity index (χ2n) is 5.77. The number of halogens is 2. The van der Waals surface area contributed by atoms with E-state index in [1.165, 1.54) is 12.1 Å². The Balaban J connectivity index is 0.00000529. The average molecular weight is 451 g/mol. The lowest BCUT2D eigenvalue weighted by Crippen LogP contribution is -2.39. The summed E-state index contributed by atoms with van der Waals surface area (Å²) in [5.41, 5.74) is 0.984. The van der Waals surface area contributed by atoms with Crippen LogP contribution in [0.3, 0.4) is 0 Å². The SMILES string of the molecule is CCNC(=NCc1ccc(F)cc1)NCCC(OCC)C(C)C.I. The Morgan fingerprint density at radius 1 is 1.17 bits per heavy atom. The molecule has 1 aromatic rings. The highest BCUT2D eigenvalue weighted by atomic mass is 127. The van der Waals surface area contributed by atoms with Gasteiger partial charge in [-0.3, -0.25) is 0 Å². The van der Waals surface area contributed by atoms with Gasteiger partial charge in [0.25, 0.3) is 0 Å². The second kappa shape index (κ2) is 13.4. The van der Waals surface area contributed by atoms with Gasteiger partial charge in [-0.25, -0.2) is 9.38 Å². The lowest BCUT2D eigenvalue weighted by atomic mass is 10.0. The molecule has 1 atom stereocenters. The third-order valence-corrected chi connectivity index (χ3v) is 3.52. The fourth-order valence-electron chi connectivity index (χ4n) is 2.26. The van der Waals surface area contributed by atoms with E-state index in [1.54, 1.807) is 12.1 Å². The van der Waals surface area contributed by atoms with Gasteiger partial charge in [-0.2, -0.15) is 0 Å². The predicted molar refractivity (Wildman–Crippen MR) is 110 cm³/mol. The van der Waals surface area contributed by atoms with E-state index in [9.17, 15) is 4.39 Å². The maximum atomic E-state index is 12.9. The molecule has 0 aliphatic heterocycles. The van der Waals surface area contributed by atoms with Crippen molar-refractivity contribution in [1.29, 1.82) is 0 Å². The molecule has 0 aromatic heterocycles. The van der Waals surface area contributed by atoms with Gasteiger partial charge >= 0.3 is 0 Å². The summed E-state index contributed by atoms with van der Waals surface area (Å²) in [5.74, 6) is 1.05. The standard InChI is InChI=1S/C18H30FN3O.HI/c1-5-20-18(21-12-11-17(14(3)4)23-6-2)22-13-15-7-9-16(19)10-8-15;/h7-10,14,17H,5-6,11-13H2,1-4H3,(H2,20,21,22);1H. The number of benzene rings is 1. The fraction of sp³-hybridized carbons (Fsp3) is 0.611. The van der Waals surface area contributed by atoms with Crippen LogP contribution in [-0.2, 0) is 11.3 Å². The first-order chi connectivity index (χ1) is 11.1. The Kier molecular flexibility index (Phi) is 12.9. The minimum atomic E-state index is -0.224. The van der Waals surface area contributed by atoms with Crippen LogP contribution in [0, 0.1) is 11.7 Å². The summed E-state index contributed by atoms with van der Waals surface area (Å²) >= 11 is 0. The largest absolute Gasteiger partial charge is 0.378 e. The van der Waals surface area contributed by atoms with Crippen molar-refractivity contribution in [2.75, 3.05) is 19.7 Å². The van der Waals surface area contributed by atoms with Crippen molar-refractivity contribution in [3.8, 4) is 0 Å². The molecule has 1 aromatic carbocycles. The van der Waals surface area contributed by atoms with Gasteiger partial charge in [-0.1, -0.05) is 26.0 Å². The van der Waals surface area contributed by atoms with Gasteiger partial charge in [0.2, 0.25) is 0 Å². The molecule has 0 aliphatic rings. The quantitative estimate of drug-likeness (QED) is 0.340. The van der Waals surface area contributed by atoms with E-state index >= 15 is 0 Å². The van der Waals surface area contributed by atoms with Gasteiger partial charge < -0.3 is 15.4 Å². The van der Waals surface area contributed by atoms with E-state index in [2.05, 4.69) is 29.5 Å². The molecule has 4 nitrogen and oxygen atoms in total. The Morgan fingerprint density at radius 3 is 2.38 bits per heavy atom. The number of aliphatic imine (C=N–C) groups is 1. The molecule has 0 radical (unpaired) electrons. The monoisotopic (exact) mass is 451 g/mol. The normalized spacial score (nSPS) is 12.7. The summed E-state index contributed by atoms with van der Waals surface area (Å²) in [6, 6.07) is 6.43. The highest BCUT2D eigenvalue weighted by Crippen LogP contribution is 2.10. The predicted octanol–water partition coefficient (Wildman–Crippen LogP) is 3.95. The Bertz CT molecular complexity index is 466. The number of rotatable bonds is 9. The molecule has 1 rings (SSSR count). The van der Waals surface area contributed by atoms with Crippen LogP contribution in [-0.4, -0.2) is 31.8 Å². The van der Waals surface area contributed by atoms with Crippen LogP contribution in [0.25, 0.3) is 0 Å². The number of hydrogen-bond acceptors (Lipinski definition) is 2. The van der Waals surface area contributed by atoms with Gasteiger partial charge in [0.1, 0.15) is 5.82 Å². The molecule has 0 saturated carbocycles. The molecule has 1 unspecified atom stereocenters. The summed E-state index contributed by atoms with van der Waals surface area (Å²) in [6.07, 6.45) is 1.19. The minimum Gasteiger partial charge on any atom is -0.378 e. The molecule has 0 fully saturated rings. The Hall–Kier alpha value is -0.890. The minimum absolute atomic E-state index is 0. The molecule has 0 bridgehead atoms. The van der Waals surface area contributed by atoms with Crippen molar-refractivity contribution in [2.24, 2.45) is 10.9 Å². The number of hydrogen-bond donors (Lipinski definition) is 2. The second-order valence-corrected chi connectivity index (χ2v) is 5.77. The van der Waals surface area contributed by atoms with E-state index in [0.717, 1.165) is 37.6 Å². The third kappa shape index (κ3) is 9.42. The van der Waals surface area contributed by atoms with Crippen molar-refractivity contribution in [3.05, 3.63) is 35.6 Å². The van der Waals surface area contributed by atoms with Crippen LogP contribution in [0.15, 0.2) is 29.3 Å². The van der Waals surface area contributed by atoms with Crippen molar-refractivity contribution in [3.63, 3.8) is 0 Å². The van der Waals surface area contributed by atoms with Gasteiger partial charge in [0.15, 0.2) is 5.96 Å². The van der Waals surface area contributed by atoms with E-state index in [0.29, 0.717) is 12.5 Å². The average Bonchev–Trinajstić information content (AvgIpc) is 2.53. The third-order valence-electron chi connectivity index (χ3n) is 3.52. The lowest BCUT2D eigenvalue weighted by Gasteiger charge is -2.21. The first kappa shape index (κ1) is 23.1. The smallest absolute Gasteiger partial charge is 0.191 e. The van der Waals surface area contributed by atoms with Crippen LogP contribution >= 0.6 is 24.0 Å². The van der Waals surface area contributed by atoms with Crippen LogP contribution in [0.4, 0.5) is 4.39 Å². The van der Waals surface area contributed by atoms with Gasteiger partial charge in [0, 0.05) is 19.7 Å². The van der Waals surface area contributed by atoms with Crippen molar-refractivity contribution in [2.45, 2.75) is 46.8 Å². The van der Waals surface area contributed by atoms with Crippen molar-refractivity contribution < 1.29 is 9.13 Å². The number of ether oxygens (including phenoxy) is 1. The molecule has 0 heterocycles. The summed E-state index contributed by atoms with van der Waals surface area (Å²) in [7, 11) is 0. The highest BCUT2D eigenvalue weighted by molar-refractivity contribution is 14.0. The molecule has 0 amide bonds. The summed E-state index contributed by atoms with van der Waals surface area (Å²) in [5, 5.41) is 6.55. The zero-order chi connectivity index (χ0) is 17.1. The Morgan fingerprint density at radius 2 is 1.83 bits per heavy atom. The first-order valence-electron chi connectivity index (χ1n) is 8.45. The first-order valence-corrected chi connectivity index (χ1v) is 8.45. The molecule has 0 spiro atoms. The van der Waals surface area contributed by atoms with Gasteiger partial charge in [-0.15, -0.1) is 24.0 Å². The van der Waals surface area contributed by atoms with E-state index in [4.69, 9.17) is 4.74 Å². The number of nitrogens with zero attached hydrogens (tertiary/aromatic N) is 1. The van der Waals surface area contributed by atoms with Gasteiger partial charge in [-0.05, 0) is 43.9 Å². The zero-order valence-electron chi connectivity index (χ0n) is 15.1. The Labute approximate surface area is 162 Å². The highest BCUT2D eigenvalue weighted by Gasteiger charge is 2.12. The maximum Gasteiger partial charge on any atom is 0.191 e. The topological polar surface area (TPSA) is 45.7 Å². The lowest BCUT2D eigenvalue weighted by molar-refractivity contribution is 0.0258. The summed E-state index contributed by atoms with van der Waals surface area (Å²) in [6.45, 7) is 11.3. The van der Waals surface area contributed by atoms with E-state index in [-0.39, 0.29) is 35.9 Å². The summed E-state index contributed by atoms with van der Waals surface area (Å²) in [4.78, 5) is 4.53. The van der Waals surface area contributed by atoms with Crippen molar-refractivity contribution in [1.82, 2.24) is 10.6 Å². The van der Waals surface area contributed by atoms with Crippen LogP contribution in [0.1, 0.15) is 39.7 Å². The van der Waals surface area contributed by atoms with Crippen LogP contribution in [0.2, 0.25) is 0 Å². The molecule has 138 valence electrons. The number of guanidine groups is 1. The van der Waals surface area contributed by atoms with Crippen molar-refractivity contribution >= 4 is 29.9 Å². The summed E-state index contributed by atoms with van der Waals surface area (Å²) < 4.78 is 18.7. The molecule has 24 heavy (non-hydrogen) atoms. The van der Waals surface area contributed by atoms with E-state index < -0.39 is 0 Å².